The number of anilines is 2. The SMILES string of the molecule is COC(=O)c1c(-c2ccc(NC(C)C)cc2)cc(OC)c(-c2ccc(NCC(C)C)cc2)c1C. The Morgan fingerprint density at radius 2 is 1.47 bits per heavy atom. The average Bonchev–Trinajstić information content (AvgIpc) is 2.82. The fraction of sp³-hybridized carbons (Fsp3) is 0.345. The summed E-state index contributed by atoms with van der Waals surface area (Å²) >= 11 is 0. The number of hydrogen-bond acceptors (Lipinski definition) is 5. The monoisotopic (exact) mass is 460 g/mol. The number of benzene rings is 3. The summed E-state index contributed by atoms with van der Waals surface area (Å²) in [5.74, 6) is 0.913. The highest BCUT2D eigenvalue weighted by Gasteiger charge is 2.23. The van der Waals surface area contributed by atoms with Crippen molar-refractivity contribution in [3.05, 3.63) is 65.7 Å². The summed E-state index contributed by atoms with van der Waals surface area (Å²) in [7, 11) is 3.08. The van der Waals surface area contributed by atoms with E-state index in [1.54, 1.807) is 7.11 Å². The molecule has 3 aromatic rings. The third-order valence-corrected chi connectivity index (χ3v) is 5.69. The van der Waals surface area contributed by atoms with Crippen LogP contribution in [0.15, 0.2) is 54.6 Å². The van der Waals surface area contributed by atoms with Crippen molar-refractivity contribution in [2.45, 2.75) is 40.7 Å². The minimum Gasteiger partial charge on any atom is -0.496 e. The first-order chi connectivity index (χ1) is 16.2. The zero-order chi connectivity index (χ0) is 24.8. The molecule has 0 amide bonds. The normalized spacial score (nSPS) is 11.0. The molecule has 34 heavy (non-hydrogen) atoms. The van der Waals surface area contributed by atoms with Gasteiger partial charge in [-0.1, -0.05) is 38.1 Å². The van der Waals surface area contributed by atoms with Crippen LogP contribution in [-0.2, 0) is 4.74 Å². The summed E-state index contributed by atoms with van der Waals surface area (Å²) in [6.45, 7) is 11.4. The Labute approximate surface area is 203 Å². The second kappa shape index (κ2) is 11.1. The van der Waals surface area contributed by atoms with E-state index in [1.165, 1.54) is 7.11 Å². The highest BCUT2D eigenvalue weighted by Crippen LogP contribution is 2.41. The van der Waals surface area contributed by atoms with Crippen molar-refractivity contribution in [2.24, 2.45) is 5.92 Å². The zero-order valence-electron chi connectivity index (χ0n) is 21.3. The molecule has 0 aliphatic rings. The number of carbonyl (C=O) groups is 1. The molecule has 3 aromatic carbocycles. The molecule has 3 rings (SSSR count). The molecule has 0 heterocycles. The van der Waals surface area contributed by atoms with Crippen molar-refractivity contribution >= 4 is 17.3 Å². The lowest BCUT2D eigenvalue weighted by molar-refractivity contribution is 0.0601. The van der Waals surface area contributed by atoms with Crippen LogP contribution in [0.1, 0.15) is 43.6 Å². The van der Waals surface area contributed by atoms with Gasteiger partial charge in [-0.25, -0.2) is 4.79 Å². The van der Waals surface area contributed by atoms with Gasteiger partial charge in [0.05, 0.1) is 19.8 Å². The van der Waals surface area contributed by atoms with E-state index in [1.807, 2.05) is 37.3 Å². The van der Waals surface area contributed by atoms with E-state index in [0.29, 0.717) is 23.3 Å². The van der Waals surface area contributed by atoms with Crippen molar-refractivity contribution in [1.82, 2.24) is 0 Å². The van der Waals surface area contributed by atoms with Crippen LogP contribution in [0.3, 0.4) is 0 Å². The maximum atomic E-state index is 12.9. The Hall–Kier alpha value is -3.47. The van der Waals surface area contributed by atoms with Crippen molar-refractivity contribution in [3.8, 4) is 28.0 Å². The number of carbonyl (C=O) groups excluding carboxylic acids is 1. The van der Waals surface area contributed by atoms with Crippen molar-refractivity contribution < 1.29 is 14.3 Å². The van der Waals surface area contributed by atoms with Crippen LogP contribution in [-0.4, -0.2) is 32.8 Å². The molecule has 180 valence electrons. The summed E-state index contributed by atoms with van der Waals surface area (Å²) < 4.78 is 11.0. The Morgan fingerprint density at radius 1 is 0.882 bits per heavy atom. The third kappa shape index (κ3) is 5.71. The second-order valence-electron chi connectivity index (χ2n) is 9.22. The summed E-state index contributed by atoms with van der Waals surface area (Å²) in [6, 6.07) is 18.6. The Balaban J connectivity index is 2.10. The van der Waals surface area contributed by atoms with Gasteiger partial charge in [0.25, 0.3) is 0 Å². The Bertz CT molecular complexity index is 1120. The molecule has 5 heteroatoms. The minimum absolute atomic E-state index is 0.338. The molecule has 0 saturated heterocycles. The van der Waals surface area contributed by atoms with Crippen LogP contribution in [0.2, 0.25) is 0 Å². The smallest absolute Gasteiger partial charge is 0.338 e. The van der Waals surface area contributed by atoms with Gasteiger partial charge in [-0.15, -0.1) is 0 Å². The van der Waals surface area contributed by atoms with E-state index < -0.39 is 0 Å². The van der Waals surface area contributed by atoms with Gasteiger partial charge in [-0.05, 0) is 73.7 Å². The highest BCUT2D eigenvalue weighted by molar-refractivity contribution is 6.02. The van der Waals surface area contributed by atoms with Gasteiger partial charge in [0.15, 0.2) is 0 Å². The van der Waals surface area contributed by atoms with Crippen LogP contribution >= 0.6 is 0 Å². The molecule has 0 fully saturated rings. The third-order valence-electron chi connectivity index (χ3n) is 5.69. The van der Waals surface area contributed by atoms with Crippen LogP contribution in [0.25, 0.3) is 22.3 Å². The summed E-state index contributed by atoms with van der Waals surface area (Å²) in [5, 5.41) is 6.84. The Kier molecular flexibility index (Phi) is 8.21. The number of methoxy groups -OCH3 is 2. The molecular weight excluding hydrogens is 424 g/mol. The average molecular weight is 461 g/mol. The van der Waals surface area contributed by atoms with E-state index in [2.05, 4.69) is 62.6 Å². The first kappa shape index (κ1) is 25.2. The zero-order valence-corrected chi connectivity index (χ0v) is 21.3. The number of hydrogen-bond donors (Lipinski definition) is 2. The van der Waals surface area contributed by atoms with E-state index in [4.69, 9.17) is 9.47 Å². The fourth-order valence-corrected chi connectivity index (χ4v) is 4.06. The van der Waals surface area contributed by atoms with Crippen molar-refractivity contribution in [2.75, 3.05) is 31.4 Å². The van der Waals surface area contributed by atoms with Gasteiger partial charge in [-0.2, -0.15) is 0 Å². The van der Waals surface area contributed by atoms with Gasteiger partial charge in [0.2, 0.25) is 0 Å². The predicted molar refractivity (Wildman–Crippen MR) is 142 cm³/mol. The molecule has 0 atom stereocenters. The van der Waals surface area contributed by atoms with Gasteiger partial charge < -0.3 is 20.1 Å². The van der Waals surface area contributed by atoms with E-state index in [-0.39, 0.29) is 5.97 Å². The maximum absolute atomic E-state index is 12.9. The molecule has 0 aliphatic heterocycles. The first-order valence-corrected chi connectivity index (χ1v) is 11.8. The quantitative estimate of drug-likeness (QED) is 0.336. The number of esters is 1. The van der Waals surface area contributed by atoms with Crippen molar-refractivity contribution in [3.63, 3.8) is 0 Å². The Morgan fingerprint density at radius 3 is 2.00 bits per heavy atom. The standard InChI is InChI=1S/C29H36N2O3/c1-18(2)17-30-23-12-10-22(11-13-23)27-20(5)28(29(32)34-7)25(16-26(27)33-6)21-8-14-24(15-9-21)31-19(3)4/h8-16,18-19,30-31H,17H2,1-7H3. The van der Waals surface area contributed by atoms with Crippen LogP contribution in [0.4, 0.5) is 11.4 Å². The topological polar surface area (TPSA) is 59.6 Å². The maximum Gasteiger partial charge on any atom is 0.338 e. The number of ether oxygens (including phenoxy) is 2. The lowest BCUT2D eigenvalue weighted by atomic mass is 9.88. The number of nitrogens with one attached hydrogen (secondary N) is 2. The van der Waals surface area contributed by atoms with Gasteiger partial charge >= 0.3 is 5.97 Å². The molecule has 0 radical (unpaired) electrons. The lowest BCUT2D eigenvalue weighted by Gasteiger charge is -2.20. The molecule has 0 unspecified atom stereocenters. The molecule has 0 bridgehead atoms. The van der Waals surface area contributed by atoms with Crippen LogP contribution < -0.4 is 15.4 Å². The van der Waals surface area contributed by atoms with E-state index in [0.717, 1.165) is 45.7 Å². The van der Waals surface area contributed by atoms with Gasteiger partial charge in [0.1, 0.15) is 5.75 Å². The second-order valence-corrected chi connectivity index (χ2v) is 9.22. The molecule has 0 spiro atoms. The van der Waals surface area contributed by atoms with Gasteiger partial charge in [0, 0.05) is 35.1 Å². The molecule has 0 saturated carbocycles. The van der Waals surface area contributed by atoms with E-state index >= 15 is 0 Å². The molecule has 2 N–H and O–H groups in total. The van der Waals surface area contributed by atoms with Crippen LogP contribution in [0, 0.1) is 12.8 Å². The lowest BCUT2D eigenvalue weighted by Crippen LogP contribution is -2.10. The van der Waals surface area contributed by atoms with E-state index in [9.17, 15) is 4.79 Å². The molecule has 5 nitrogen and oxygen atoms in total. The van der Waals surface area contributed by atoms with Crippen LogP contribution in [0.5, 0.6) is 5.75 Å². The number of rotatable bonds is 9. The van der Waals surface area contributed by atoms with Crippen molar-refractivity contribution in [1.29, 1.82) is 0 Å². The summed E-state index contributed by atoms with van der Waals surface area (Å²) in [4.78, 5) is 12.9. The summed E-state index contributed by atoms with van der Waals surface area (Å²) in [5.41, 5.74) is 7.06. The highest BCUT2D eigenvalue weighted by atomic mass is 16.5. The van der Waals surface area contributed by atoms with Gasteiger partial charge in [-0.3, -0.25) is 0 Å². The predicted octanol–water partition coefficient (Wildman–Crippen LogP) is 7.01. The first-order valence-electron chi connectivity index (χ1n) is 11.8. The minimum atomic E-state index is -0.365. The fourth-order valence-electron chi connectivity index (χ4n) is 4.06. The molecule has 0 aromatic heterocycles. The summed E-state index contributed by atoms with van der Waals surface area (Å²) in [6.07, 6.45) is 0. The molecular formula is C29H36N2O3. The molecule has 0 aliphatic carbocycles. The largest absolute Gasteiger partial charge is 0.496 e.